The number of nitrogens with one attached hydrogen (secondary N) is 1. The Balaban J connectivity index is 1.63. The molecule has 0 unspecified atom stereocenters. The highest BCUT2D eigenvalue weighted by Crippen LogP contribution is 2.29. The molecule has 7 heteroatoms. The van der Waals surface area contributed by atoms with Gasteiger partial charge in [-0.15, -0.1) is 0 Å². The number of likely N-dealkylation sites (N-methyl/N-ethyl adjacent to an activating group) is 1. The lowest BCUT2D eigenvalue weighted by molar-refractivity contribution is -0.384. The van der Waals surface area contributed by atoms with Crippen molar-refractivity contribution < 1.29 is 14.5 Å². The van der Waals surface area contributed by atoms with E-state index in [1.807, 2.05) is 24.1 Å². The first-order chi connectivity index (χ1) is 13.5. The molecule has 0 saturated heterocycles. The monoisotopic (exact) mass is 379 g/mol. The number of anilines is 1. The van der Waals surface area contributed by atoms with Gasteiger partial charge in [0.1, 0.15) is 5.75 Å². The molecule has 0 fully saturated rings. The largest absolute Gasteiger partial charge is 0.494 e. The van der Waals surface area contributed by atoms with E-state index in [4.69, 9.17) is 4.74 Å². The Morgan fingerprint density at radius 3 is 2.57 bits per heavy atom. The summed E-state index contributed by atoms with van der Waals surface area (Å²) >= 11 is 0. The smallest absolute Gasteiger partial charge is 0.273 e. The van der Waals surface area contributed by atoms with E-state index >= 15 is 0 Å². The molecule has 0 heterocycles. The number of nitro benzene ring substituents is 1. The lowest BCUT2D eigenvalue weighted by Crippen LogP contribution is -2.29. The van der Waals surface area contributed by atoms with Gasteiger partial charge in [0.15, 0.2) is 0 Å². The first-order valence-corrected chi connectivity index (χ1v) is 8.75. The zero-order valence-electron chi connectivity index (χ0n) is 15.7. The van der Waals surface area contributed by atoms with Crippen LogP contribution in [-0.2, 0) is 11.3 Å². The SMILES string of the molecule is COc1cc([N+](=O)[O-])ccc1NC(=O)CN(C)Cc1ccc2ccccc2c1. The normalized spacial score (nSPS) is 10.8. The van der Waals surface area contributed by atoms with Gasteiger partial charge in [-0.1, -0.05) is 36.4 Å². The van der Waals surface area contributed by atoms with Crippen LogP contribution in [0.25, 0.3) is 10.8 Å². The van der Waals surface area contributed by atoms with Crippen LogP contribution in [0.1, 0.15) is 5.56 Å². The molecule has 3 aromatic rings. The first-order valence-electron chi connectivity index (χ1n) is 8.75. The van der Waals surface area contributed by atoms with E-state index in [-0.39, 0.29) is 23.9 Å². The molecule has 1 N–H and O–H groups in total. The Labute approximate surface area is 162 Å². The number of nitrogens with zero attached hydrogens (tertiary/aromatic N) is 2. The second-order valence-electron chi connectivity index (χ2n) is 6.54. The van der Waals surface area contributed by atoms with E-state index in [9.17, 15) is 14.9 Å². The van der Waals surface area contributed by atoms with Crippen LogP contribution >= 0.6 is 0 Å². The molecule has 0 aliphatic rings. The second-order valence-corrected chi connectivity index (χ2v) is 6.54. The number of fused-ring (bicyclic) bond motifs is 1. The number of non-ortho nitro benzene ring substituents is 1. The van der Waals surface area contributed by atoms with Gasteiger partial charge in [0.2, 0.25) is 5.91 Å². The molecule has 144 valence electrons. The standard InChI is InChI=1S/C21H21N3O4/c1-23(13-15-7-8-16-5-3-4-6-17(16)11-15)14-21(25)22-19-10-9-18(24(26)27)12-20(19)28-2/h3-12H,13-14H2,1-2H3,(H,22,25). The lowest BCUT2D eigenvalue weighted by atomic mass is 10.1. The van der Waals surface area contributed by atoms with Crippen LogP contribution in [0.15, 0.2) is 60.7 Å². The Bertz CT molecular complexity index is 1020. The molecule has 0 atom stereocenters. The molecule has 0 aromatic heterocycles. The summed E-state index contributed by atoms with van der Waals surface area (Å²) in [4.78, 5) is 24.6. The molecule has 3 aromatic carbocycles. The van der Waals surface area contributed by atoms with E-state index < -0.39 is 4.92 Å². The second kappa shape index (κ2) is 8.49. The average Bonchev–Trinajstić information content (AvgIpc) is 2.67. The average molecular weight is 379 g/mol. The van der Waals surface area contributed by atoms with Gasteiger partial charge in [-0.05, 0) is 35.5 Å². The van der Waals surface area contributed by atoms with Crippen LogP contribution < -0.4 is 10.1 Å². The maximum absolute atomic E-state index is 12.4. The molecule has 0 aliphatic carbocycles. The predicted molar refractivity (Wildman–Crippen MR) is 109 cm³/mol. The van der Waals surface area contributed by atoms with Crippen molar-refractivity contribution in [2.24, 2.45) is 0 Å². The van der Waals surface area contributed by atoms with E-state index in [0.29, 0.717) is 12.2 Å². The van der Waals surface area contributed by atoms with Crippen molar-refractivity contribution in [1.82, 2.24) is 4.90 Å². The summed E-state index contributed by atoms with van der Waals surface area (Å²) in [5.74, 6) is 0.0233. The molecule has 0 spiro atoms. The number of ether oxygens (including phenoxy) is 1. The number of hydrogen-bond acceptors (Lipinski definition) is 5. The number of amides is 1. The van der Waals surface area contributed by atoms with Crippen LogP contribution in [0, 0.1) is 10.1 Å². The zero-order valence-corrected chi connectivity index (χ0v) is 15.7. The minimum Gasteiger partial charge on any atom is -0.494 e. The van der Waals surface area contributed by atoms with E-state index in [0.717, 1.165) is 10.9 Å². The highest BCUT2D eigenvalue weighted by atomic mass is 16.6. The first kappa shape index (κ1) is 19.3. The fourth-order valence-corrected chi connectivity index (χ4v) is 3.04. The molecular formula is C21H21N3O4. The van der Waals surface area contributed by atoms with Crippen LogP contribution in [0.2, 0.25) is 0 Å². The van der Waals surface area contributed by atoms with Gasteiger partial charge in [0, 0.05) is 12.6 Å². The minimum absolute atomic E-state index is 0.0942. The van der Waals surface area contributed by atoms with E-state index in [1.165, 1.54) is 30.7 Å². The number of benzene rings is 3. The third-order valence-electron chi connectivity index (χ3n) is 4.35. The van der Waals surface area contributed by atoms with Crippen molar-refractivity contribution in [1.29, 1.82) is 0 Å². The molecule has 1 amide bonds. The van der Waals surface area contributed by atoms with Crippen molar-refractivity contribution in [2.45, 2.75) is 6.54 Å². The maximum Gasteiger partial charge on any atom is 0.273 e. The summed E-state index contributed by atoms with van der Waals surface area (Å²) in [6.45, 7) is 0.794. The van der Waals surface area contributed by atoms with Gasteiger partial charge >= 0.3 is 0 Å². The van der Waals surface area contributed by atoms with Crippen molar-refractivity contribution >= 4 is 28.1 Å². The molecule has 0 saturated carbocycles. The van der Waals surface area contributed by atoms with Gasteiger partial charge in [-0.25, -0.2) is 0 Å². The minimum atomic E-state index is -0.508. The third kappa shape index (κ3) is 4.63. The highest BCUT2D eigenvalue weighted by molar-refractivity contribution is 5.94. The lowest BCUT2D eigenvalue weighted by Gasteiger charge is -2.17. The fourth-order valence-electron chi connectivity index (χ4n) is 3.04. The number of carbonyl (C=O) groups excluding carboxylic acids is 1. The number of hydrogen-bond donors (Lipinski definition) is 1. The number of carbonyl (C=O) groups is 1. The van der Waals surface area contributed by atoms with Crippen LogP contribution in [-0.4, -0.2) is 36.4 Å². The van der Waals surface area contributed by atoms with Crippen LogP contribution in [0.4, 0.5) is 11.4 Å². The molecule has 7 nitrogen and oxygen atoms in total. The molecule has 3 rings (SSSR count). The summed E-state index contributed by atoms with van der Waals surface area (Å²) in [6, 6.07) is 18.5. The Morgan fingerprint density at radius 1 is 1.11 bits per heavy atom. The van der Waals surface area contributed by atoms with Gasteiger partial charge in [-0.3, -0.25) is 19.8 Å². The third-order valence-corrected chi connectivity index (χ3v) is 4.35. The summed E-state index contributed by atoms with van der Waals surface area (Å²) in [5, 5.41) is 15.9. The molecule has 0 bridgehead atoms. The van der Waals surface area contributed by atoms with Crippen molar-refractivity contribution in [3.8, 4) is 5.75 Å². The van der Waals surface area contributed by atoms with Crippen molar-refractivity contribution in [3.05, 3.63) is 76.3 Å². The van der Waals surface area contributed by atoms with E-state index in [2.05, 4.69) is 35.6 Å². The predicted octanol–water partition coefficient (Wildman–Crippen LogP) is 3.83. The van der Waals surface area contributed by atoms with Gasteiger partial charge in [0.05, 0.1) is 30.3 Å². The summed E-state index contributed by atoms with van der Waals surface area (Å²) in [7, 11) is 3.27. The Hall–Kier alpha value is -3.45. The number of nitro groups is 1. The van der Waals surface area contributed by atoms with Crippen LogP contribution in [0.5, 0.6) is 5.75 Å². The quantitative estimate of drug-likeness (QED) is 0.498. The summed E-state index contributed by atoms with van der Waals surface area (Å²) in [5.41, 5.74) is 1.42. The Kier molecular flexibility index (Phi) is 5.86. The van der Waals surface area contributed by atoms with Gasteiger partial charge < -0.3 is 10.1 Å². The van der Waals surface area contributed by atoms with Gasteiger partial charge in [-0.2, -0.15) is 0 Å². The topological polar surface area (TPSA) is 84.7 Å². The molecular weight excluding hydrogens is 358 g/mol. The summed E-state index contributed by atoms with van der Waals surface area (Å²) < 4.78 is 5.15. The maximum atomic E-state index is 12.4. The Morgan fingerprint density at radius 2 is 1.86 bits per heavy atom. The number of rotatable bonds is 7. The van der Waals surface area contributed by atoms with Crippen molar-refractivity contribution in [3.63, 3.8) is 0 Å². The molecule has 0 radical (unpaired) electrons. The van der Waals surface area contributed by atoms with Gasteiger partial charge in [0.25, 0.3) is 5.69 Å². The van der Waals surface area contributed by atoms with Crippen LogP contribution in [0.3, 0.4) is 0 Å². The fraction of sp³-hybridized carbons (Fsp3) is 0.190. The summed E-state index contributed by atoms with van der Waals surface area (Å²) in [6.07, 6.45) is 0. The number of methoxy groups -OCH3 is 1. The van der Waals surface area contributed by atoms with E-state index in [1.54, 1.807) is 0 Å². The zero-order chi connectivity index (χ0) is 20.1. The van der Waals surface area contributed by atoms with Crippen molar-refractivity contribution in [2.75, 3.05) is 26.0 Å². The highest BCUT2D eigenvalue weighted by Gasteiger charge is 2.14. The molecule has 0 aliphatic heterocycles. The molecule has 28 heavy (non-hydrogen) atoms.